The molecule has 0 aliphatic carbocycles. The molecule has 0 spiro atoms. The molecule has 14 heavy (non-hydrogen) atoms. The van der Waals surface area contributed by atoms with Gasteiger partial charge in [0.25, 0.3) is 0 Å². The predicted octanol–water partition coefficient (Wildman–Crippen LogP) is 3.61. The van der Waals surface area contributed by atoms with E-state index in [4.69, 9.17) is 0 Å². The summed E-state index contributed by atoms with van der Waals surface area (Å²) in [4.78, 5) is 5.75. The zero-order valence-electron chi connectivity index (χ0n) is 9.77. The maximum absolute atomic E-state index is 4.44. The first-order valence-corrected chi connectivity index (χ1v) is 5.88. The van der Waals surface area contributed by atoms with Crippen LogP contribution in [0.3, 0.4) is 0 Å². The van der Waals surface area contributed by atoms with E-state index in [1.807, 2.05) is 0 Å². The lowest BCUT2D eigenvalue weighted by molar-refractivity contribution is 0.390. The Morgan fingerprint density at radius 3 is 2.36 bits per heavy atom. The molecule has 0 unspecified atom stereocenters. The molecular formula is C11H20N2S. The van der Waals surface area contributed by atoms with Crippen molar-refractivity contribution >= 4 is 16.5 Å². The van der Waals surface area contributed by atoms with Crippen molar-refractivity contribution in [2.75, 3.05) is 11.9 Å². The minimum atomic E-state index is 0.397. The molecule has 0 radical (unpaired) electrons. The number of aryl methyl sites for hydroxylation is 2. The molecule has 0 aromatic carbocycles. The average molecular weight is 212 g/mol. The molecule has 0 bridgehead atoms. The van der Waals surface area contributed by atoms with Gasteiger partial charge in [0.05, 0.1) is 5.69 Å². The van der Waals surface area contributed by atoms with Gasteiger partial charge in [-0.25, -0.2) is 4.98 Å². The Morgan fingerprint density at radius 2 is 1.93 bits per heavy atom. The molecule has 0 aliphatic heterocycles. The molecule has 0 aliphatic rings. The summed E-state index contributed by atoms with van der Waals surface area (Å²) >= 11 is 1.74. The average Bonchev–Trinajstić information content (AvgIpc) is 2.28. The SMILES string of the molecule is Cc1nc(NCCC(C)(C)C)sc1C. The molecule has 1 aromatic rings. The maximum Gasteiger partial charge on any atom is 0.183 e. The van der Waals surface area contributed by atoms with Crippen LogP contribution in [0.25, 0.3) is 0 Å². The number of anilines is 1. The lowest BCUT2D eigenvalue weighted by Gasteiger charge is -2.17. The van der Waals surface area contributed by atoms with Gasteiger partial charge in [-0.05, 0) is 25.7 Å². The van der Waals surface area contributed by atoms with E-state index in [-0.39, 0.29) is 0 Å². The molecule has 1 heterocycles. The first-order valence-electron chi connectivity index (χ1n) is 5.06. The van der Waals surface area contributed by atoms with Crippen LogP contribution >= 0.6 is 11.3 Å². The van der Waals surface area contributed by atoms with Crippen molar-refractivity contribution in [2.45, 2.75) is 41.0 Å². The van der Waals surface area contributed by atoms with E-state index in [1.54, 1.807) is 11.3 Å². The van der Waals surface area contributed by atoms with Crippen molar-refractivity contribution in [3.05, 3.63) is 10.6 Å². The summed E-state index contributed by atoms with van der Waals surface area (Å²) in [6, 6.07) is 0. The van der Waals surface area contributed by atoms with Gasteiger partial charge in [-0.15, -0.1) is 11.3 Å². The predicted molar refractivity (Wildman–Crippen MR) is 64.1 cm³/mol. The smallest absolute Gasteiger partial charge is 0.183 e. The van der Waals surface area contributed by atoms with Gasteiger partial charge >= 0.3 is 0 Å². The van der Waals surface area contributed by atoms with Gasteiger partial charge in [0.2, 0.25) is 0 Å². The fraction of sp³-hybridized carbons (Fsp3) is 0.727. The number of nitrogens with one attached hydrogen (secondary N) is 1. The van der Waals surface area contributed by atoms with Crippen LogP contribution < -0.4 is 5.32 Å². The molecule has 80 valence electrons. The molecule has 1 aromatic heterocycles. The van der Waals surface area contributed by atoms with Crippen molar-refractivity contribution in [3.63, 3.8) is 0 Å². The highest BCUT2D eigenvalue weighted by atomic mass is 32.1. The second kappa shape index (κ2) is 4.30. The summed E-state index contributed by atoms with van der Waals surface area (Å²) in [5.41, 5.74) is 1.54. The molecular weight excluding hydrogens is 192 g/mol. The summed E-state index contributed by atoms with van der Waals surface area (Å²) in [7, 11) is 0. The van der Waals surface area contributed by atoms with Crippen LogP contribution in [0.5, 0.6) is 0 Å². The van der Waals surface area contributed by atoms with Gasteiger partial charge in [0.15, 0.2) is 5.13 Å². The number of hydrogen-bond donors (Lipinski definition) is 1. The molecule has 1 N–H and O–H groups in total. The second-order valence-electron chi connectivity index (χ2n) is 4.90. The highest BCUT2D eigenvalue weighted by Gasteiger charge is 2.10. The minimum Gasteiger partial charge on any atom is -0.361 e. The highest BCUT2D eigenvalue weighted by molar-refractivity contribution is 7.15. The molecule has 1 rings (SSSR count). The van der Waals surface area contributed by atoms with Crippen LogP contribution in [-0.4, -0.2) is 11.5 Å². The van der Waals surface area contributed by atoms with Crippen molar-refractivity contribution < 1.29 is 0 Å². The summed E-state index contributed by atoms with van der Waals surface area (Å²) in [5, 5.41) is 4.43. The fourth-order valence-corrected chi connectivity index (χ4v) is 1.93. The van der Waals surface area contributed by atoms with Crippen molar-refractivity contribution in [2.24, 2.45) is 5.41 Å². The molecule has 2 nitrogen and oxygen atoms in total. The second-order valence-corrected chi connectivity index (χ2v) is 6.10. The zero-order chi connectivity index (χ0) is 10.8. The summed E-state index contributed by atoms with van der Waals surface area (Å²) in [6.07, 6.45) is 1.17. The minimum absolute atomic E-state index is 0.397. The van der Waals surface area contributed by atoms with Crippen LogP contribution in [0, 0.1) is 19.3 Å². The maximum atomic E-state index is 4.44. The Morgan fingerprint density at radius 1 is 1.29 bits per heavy atom. The van der Waals surface area contributed by atoms with Gasteiger partial charge in [0.1, 0.15) is 0 Å². The van der Waals surface area contributed by atoms with Crippen LogP contribution in [0.1, 0.15) is 37.8 Å². The lowest BCUT2D eigenvalue weighted by Crippen LogP contribution is -2.12. The number of rotatable bonds is 3. The lowest BCUT2D eigenvalue weighted by atomic mass is 9.92. The van der Waals surface area contributed by atoms with Crippen LogP contribution in [0.4, 0.5) is 5.13 Å². The van der Waals surface area contributed by atoms with E-state index < -0.39 is 0 Å². The molecule has 0 saturated heterocycles. The van der Waals surface area contributed by atoms with E-state index in [2.05, 4.69) is 44.9 Å². The van der Waals surface area contributed by atoms with Crippen LogP contribution in [0.2, 0.25) is 0 Å². The topological polar surface area (TPSA) is 24.9 Å². The Balaban J connectivity index is 2.39. The summed E-state index contributed by atoms with van der Waals surface area (Å²) in [6.45, 7) is 12.0. The monoisotopic (exact) mass is 212 g/mol. The Hall–Kier alpha value is -0.570. The molecule has 3 heteroatoms. The van der Waals surface area contributed by atoms with Gasteiger partial charge in [-0.2, -0.15) is 0 Å². The fourth-order valence-electron chi connectivity index (χ4n) is 1.09. The van der Waals surface area contributed by atoms with E-state index in [9.17, 15) is 0 Å². The third-order valence-electron chi connectivity index (χ3n) is 2.18. The van der Waals surface area contributed by atoms with Gasteiger partial charge in [-0.3, -0.25) is 0 Å². The molecule has 0 atom stereocenters. The quantitative estimate of drug-likeness (QED) is 0.828. The third kappa shape index (κ3) is 3.66. The van der Waals surface area contributed by atoms with Crippen molar-refractivity contribution in [3.8, 4) is 0 Å². The van der Waals surface area contributed by atoms with Gasteiger partial charge in [-0.1, -0.05) is 20.8 Å². The Kier molecular flexibility index (Phi) is 3.53. The van der Waals surface area contributed by atoms with Crippen molar-refractivity contribution in [1.29, 1.82) is 0 Å². The molecule has 0 saturated carbocycles. The summed E-state index contributed by atoms with van der Waals surface area (Å²) < 4.78 is 0. The first kappa shape index (κ1) is 11.5. The molecule has 0 amide bonds. The largest absolute Gasteiger partial charge is 0.361 e. The summed E-state index contributed by atoms with van der Waals surface area (Å²) in [5.74, 6) is 0. The van der Waals surface area contributed by atoms with Crippen LogP contribution in [-0.2, 0) is 0 Å². The van der Waals surface area contributed by atoms with Gasteiger partial charge in [0, 0.05) is 11.4 Å². The number of hydrogen-bond acceptors (Lipinski definition) is 3. The first-order chi connectivity index (χ1) is 6.38. The van der Waals surface area contributed by atoms with E-state index in [0.717, 1.165) is 17.4 Å². The van der Waals surface area contributed by atoms with Crippen molar-refractivity contribution in [1.82, 2.24) is 4.98 Å². The van der Waals surface area contributed by atoms with E-state index in [0.29, 0.717) is 5.41 Å². The third-order valence-corrected chi connectivity index (χ3v) is 3.21. The zero-order valence-corrected chi connectivity index (χ0v) is 10.6. The Labute approximate surface area is 90.8 Å². The normalized spacial score (nSPS) is 11.8. The van der Waals surface area contributed by atoms with E-state index >= 15 is 0 Å². The molecule has 0 fully saturated rings. The van der Waals surface area contributed by atoms with Gasteiger partial charge < -0.3 is 5.32 Å². The van der Waals surface area contributed by atoms with Crippen LogP contribution in [0.15, 0.2) is 0 Å². The Bertz CT molecular complexity index is 277. The van der Waals surface area contributed by atoms with E-state index in [1.165, 1.54) is 11.3 Å². The standard InChI is InChI=1S/C11H20N2S/c1-8-9(2)14-10(13-8)12-7-6-11(3,4)5/h6-7H2,1-5H3,(H,12,13). The number of aromatic nitrogens is 1. The highest BCUT2D eigenvalue weighted by Crippen LogP contribution is 2.23. The number of nitrogens with zero attached hydrogens (tertiary/aromatic N) is 1. The number of thiazole rings is 1.